The fourth-order valence-electron chi connectivity index (χ4n) is 10.1. The Labute approximate surface area is 203 Å². The van der Waals surface area contributed by atoms with Gasteiger partial charge in [0.15, 0.2) is 0 Å². The van der Waals surface area contributed by atoms with Crippen molar-refractivity contribution in [1.29, 1.82) is 0 Å². The second-order valence-corrected chi connectivity index (χ2v) is 13.5. The van der Waals surface area contributed by atoms with Crippen molar-refractivity contribution >= 4 is 11.9 Å². The number of hydrogen-bond acceptors (Lipinski definition) is 4. The molecule has 8 aliphatic rings. The van der Waals surface area contributed by atoms with Gasteiger partial charge in [0.25, 0.3) is 0 Å². The molecular formula is C30H38O4. The van der Waals surface area contributed by atoms with Crippen molar-refractivity contribution in [3.05, 3.63) is 24.3 Å². The summed E-state index contributed by atoms with van der Waals surface area (Å²) in [5, 5.41) is 0. The van der Waals surface area contributed by atoms with Crippen molar-refractivity contribution in [2.45, 2.75) is 78.1 Å². The van der Waals surface area contributed by atoms with Gasteiger partial charge in [-0.2, -0.15) is 0 Å². The number of esters is 2. The molecule has 4 nitrogen and oxygen atoms in total. The maximum Gasteiger partial charge on any atom is 0.317 e. The van der Waals surface area contributed by atoms with E-state index in [1.807, 2.05) is 0 Å². The summed E-state index contributed by atoms with van der Waals surface area (Å²) in [6.45, 7) is 4.77. The van der Waals surface area contributed by atoms with Gasteiger partial charge in [-0.1, -0.05) is 13.8 Å². The summed E-state index contributed by atoms with van der Waals surface area (Å²) in [6.07, 6.45) is 11.2. The maximum atomic E-state index is 13.3. The molecule has 0 N–H and O–H groups in total. The number of hydrogen-bond donors (Lipinski definition) is 0. The van der Waals surface area contributed by atoms with Crippen LogP contribution in [0, 0.1) is 58.2 Å². The van der Waals surface area contributed by atoms with E-state index in [4.69, 9.17) is 9.47 Å². The Hall–Kier alpha value is -1.84. The Balaban J connectivity index is 1.02. The summed E-state index contributed by atoms with van der Waals surface area (Å²) in [5.74, 6) is 6.73. The fourth-order valence-corrected chi connectivity index (χ4v) is 10.1. The number of benzene rings is 1. The van der Waals surface area contributed by atoms with Crippen molar-refractivity contribution < 1.29 is 19.1 Å². The van der Waals surface area contributed by atoms with Crippen LogP contribution < -0.4 is 9.47 Å². The monoisotopic (exact) mass is 462 g/mol. The van der Waals surface area contributed by atoms with Crippen molar-refractivity contribution in [3.63, 3.8) is 0 Å². The zero-order chi connectivity index (χ0) is 23.2. The van der Waals surface area contributed by atoms with Crippen molar-refractivity contribution in [1.82, 2.24) is 0 Å². The highest BCUT2D eigenvalue weighted by Crippen LogP contribution is 2.63. The average molecular weight is 463 g/mol. The van der Waals surface area contributed by atoms with Crippen LogP contribution in [0.5, 0.6) is 11.5 Å². The highest BCUT2D eigenvalue weighted by molar-refractivity contribution is 5.81. The van der Waals surface area contributed by atoms with Crippen LogP contribution in [0.3, 0.4) is 0 Å². The first kappa shape index (κ1) is 21.4. The number of carbonyl (C=O) groups is 2. The van der Waals surface area contributed by atoms with Gasteiger partial charge in [-0.15, -0.1) is 0 Å². The van der Waals surface area contributed by atoms with Gasteiger partial charge in [-0.05, 0) is 136 Å². The standard InChI is InChI=1S/C30H38O4/c1-17-21-7-19-8-22(17)14-29(11-19,13-21)27(31)33-25-3-5-26(6-4-25)34-28(32)30-12-20-9-23(15-30)18(2)24(10-20)16-30/h3-6,17-24H,7-16H2,1-2H3. The highest BCUT2D eigenvalue weighted by atomic mass is 16.5. The predicted molar refractivity (Wildman–Crippen MR) is 128 cm³/mol. The van der Waals surface area contributed by atoms with E-state index in [-0.39, 0.29) is 22.8 Å². The van der Waals surface area contributed by atoms with Gasteiger partial charge in [0.2, 0.25) is 0 Å². The third-order valence-electron chi connectivity index (χ3n) is 11.6. The summed E-state index contributed by atoms with van der Waals surface area (Å²) in [5.41, 5.74) is -0.548. The highest BCUT2D eigenvalue weighted by Gasteiger charge is 2.59. The number of rotatable bonds is 4. The minimum Gasteiger partial charge on any atom is -0.426 e. The van der Waals surface area contributed by atoms with Crippen LogP contribution in [0.15, 0.2) is 24.3 Å². The summed E-state index contributed by atoms with van der Waals surface area (Å²) in [7, 11) is 0. The Bertz CT molecular complexity index is 898. The van der Waals surface area contributed by atoms with E-state index in [0.717, 1.165) is 50.4 Å². The van der Waals surface area contributed by atoms with E-state index in [1.165, 1.54) is 25.7 Å². The molecule has 8 fully saturated rings. The van der Waals surface area contributed by atoms with Crippen molar-refractivity contribution in [2.24, 2.45) is 58.2 Å². The molecular weight excluding hydrogens is 424 g/mol. The SMILES string of the molecule is CC1C2CC3CC1CC(C(=O)Oc1ccc(OC(=O)C45CC6CC(C4)C(C)C(C6)C5)cc1)(C3)C2. The van der Waals surface area contributed by atoms with Gasteiger partial charge in [-0.25, -0.2) is 0 Å². The lowest BCUT2D eigenvalue weighted by Gasteiger charge is -2.58. The Morgan fingerprint density at radius 1 is 0.618 bits per heavy atom. The van der Waals surface area contributed by atoms with Crippen molar-refractivity contribution in [2.75, 3.05) is 0 Å². The molecule has 8 saturated carbocycles. The molecule has 1 aromatic rings. The zero-order valence-corrected chi connectivity index (χ0v) is 20.6. The second-order valence-electron chi connectivity index (χ2n) is 13.5. The van der Waals surface area contributed by atoms with E-state index in [2.05, 4.69) is 13.8 Å². The lowest BCUT2D eigenvalue weighted by Crippen LogP contribution is -2.54. The van der Waals surface area contributed by atoms with Crippen LogP contribution >= 0.6 is 0 Å². The molecule has 0 amide bonds. The molecule has 0 spiro atoms. The molecule has 8 bridgehead atoms. The Kier molecular flexibility index (Phi) is 4.63. The van der Waals surface area contributed by atoms with Crippen LogP contribution in [-0.4, -0.2) is 11.9 Å². The van der Waals surface area contributed by atoms with Gasteiger partial charge >= 0.3 is 11.9 Å². The molecule has 1 aromatic carbocycles. The quantitative estimate of drug-likeness (QED) is 0.383. The molecule has 0 aromatic heterocycles. The smallest absolute Gasteiger partial charge is 0.317 e. The first-order valence-electron chi connectivity index (χ1n) is 13.9. The van der Waals surface area contributed by atoms with E-state index < -0.39 is 0 Å². The van der Waals surface area contributed by atoms with E-state index in [0.29, 0.717) is 47.0 Å². The summed E-state index contributed by atoms with van der Waals surface area (Å²) in [6, 6.07) is 7.19. The first-order chi connectivity index (χ1) is 16.3. The number of ether oxygens (including phenoxy) is 2. The van der Waals surface area contributed by atoms with Crippen LogP contribution in [-0.2, 0) is 9.59 Å². The summed E-state index contributed by atoms with van der Waals surface area (Å²) < 4.78 is 11.9. The molecule has 0 aliphatic heterocycles. The minimum atomic E-state index is -0.274. The third kappa shape index (κ3) is 3.15. The zero-order valence-electron chi connectivity index (χ0n) is 20.6. The largest absolute Gasteiger partial charge is 0.426 e. The van der Waals surface area contributed by atoms with Crippen LogP contribution in [0.4, 0.5) is 0 Å². The molecule has 0 radical (unpaired) electrons. The molecule has 182 valence electrons. The lowest BCUT2D eigenvalue weighted by atomic mass is 9.46. The summed E-state index contributed by atoms with van der Waals surface area (Å²) >= 11 is 0. The molecule has 9 rings (SSSR count). The van der Waals surface area contributed by atoms with E-state index >= 15 is 0 Å². The van der Waals surface area contributed by atoms with Gasteiger partial charge in [0, 0.05) is 0 Å². The van der Waals surface area contributed by atoms with Gasteiger partial charge < -0.3 is 9.47 Å². The normalized spacial score (nSPS) is 47.6. The van der Waals surface area contributed by atoms with Crippen LogP contribution in [0.1, 0.15) is 78.1 Å². The maximum absolute atomic E-state index is 13.3. The van der Waals surface area contributed by atoms with Gasteiger partial charge in [0.1, 0.15) is 11.5 Å². The topological polar surface area (TPSA) is 52.6 Å². The fraction of sp³-hybridized carbons (Fsp3) is 0.733. The molecule has 4 atom stereocenters. The second kappa shape index (κ2) is 7.34. The van der Waals surface area contributed by atoms with Crippen LogP contribution in [0.2, 0.25) is 0 Å². The third-order valence-corrected chi connectivity index (χ3v) is 11.6. The average Bonchev–Trinajstić information content (AvgIpc) is 2.81. The van der Waals surface area contributed by atoms with Gasteiger partial charge in [0.05, 0.1) is 10.8 Å². The van der Waals surface area contributed by atoms with E-state index in [1.54, 1.807) is 24.3 Å². The van der Waals surface area contributed by atoms with Gasteiger partial charge in [-0.3, -0.25) is 9.59 Å². The van der Waals surface area contributed by atoms with E-state index in [9.17, 15) is 9.59 Å². The molecule has 8 aliphatic carbocycles. The summed E-state index contributed by atoms with van der Waals surface area (Å²) in [4.78, 5) is 26.6. The lowest BCUT2D eigenvalue weighted by molar-refractivity contribution is -0.167. The molecule has 0 heterocycles. The molecule has 34 heavy (non-hydrogen) atoms. The Morgan fingerprint density at radius 2 is 0.941 bits per heavy atom. The molecule has 4 heteroatoms. The molecule has 0 saturated heterocycles. The molecule has 4 unspecified atom stereocenters. The predicted octanol–water partition coefficient (Wildman–Crippen LogP) is 6.42. The Morgan fingerprint density at radius 3 is 1.26 bits per heavy atom. The van der Waals surface area contributed by atoms with Crippen molar-refractivity contribution in [3.8, 4) is 11.5 Å². The minimum absolute atomic E-state index is 0.0359. The first-order valence-corrected chi connectivity index (χ1v) is 13.9. The van der Waals surface area contributed by atoms with Crippen LogP contribution in [0.25, 0.3) is 0 Å². The number of carbonyl (C=O) groups excluding carboxylic acids is 2.